The van der Waals surface area contributed by atoms with E-state index < -0.39 is 0 Å². The molecule has 1 heterocycles. The molecule has 26 heavy (non-hydrogen) atoms. The van der Waals surface area contributed by atoms with Crippen molar-refractivity contribution in [2.75, 3.05) is 7.11 Å². The molecule has 136 valence electrons. The van der Waals surface area contributed by atoms with Crippen LogP contribution in [-0.2, 0) is 0 Å². The molecule has 1 aromatic carbocycles. The van der Waals surface area contributed by atoms with Crippen molar-refractivity contribution >= 4 is 27.2 Å². The molecular weight excluding hydrogens is 388 g/mol. The van der Waals surface area contributed by atoms with Gasteiger partial charge in [0.1, 0.15) is 5.75 Å². The number of hydrogen-bond donors (Lipinski definition) is 0. The van der Waals surface area contributed by atoms with Crippen molar-refractivity contribution in [2.45, 2.75) is 27.7 Å². The maximum absolute atomic E-state index is 5.43. The van der Waals surface area contributed by atoms with Crippen LogP contribution in [0.4, 0.5) is 0 Å². The van der Waals surface area contributed by atoms with Crippen LogP contribution in [0.1, 0.15) is 30.7 Å². The number of benzene rings is 1. The Hall–Kier alpha value is -2.33. The molecule has 0 atom stereocenters. The Bertz CT molecular complexity index is 917. The third-order valence-electron chi connectivity index (χ3n) is 4.15. The number of aromatic nitrogens is 2. The molecule has 0 unspecified atom stereocenters. The number of allylic oxidation sites excluding steroid dienone is 6. The lowest BCUT2D eigenvalue weighted by Gasteiger charge is -2.14. The smallest absolute Gasteiger partial charge is 0.133 e. The summed E-state index contributed by atoms with van der Waals surface area (Å²) in [5.74, 6) is 0.811. The maximum atomic E-state index is 5.43. The van der Waals surface area contributed by atoms with Crippen LogP contribution in [0.25, 0.3) is 22.5 Å². The van der Waals surface area contributed by atoms with Crippen LogP contribution in [0, 0.1) is 13.8 Å². The zero-order valence-electron chi connectivity index (χ0n) is 16.1. The van der Waals surface area contributed by atoms with E-state index in [-0.39, 0.29) is 0 Å². The lowest BCUT2D eigenvalue weighted by molar-refractivity contribution is 0.412. The molecule has 0 radical (unpaired) electrons. The first-order chi connectivity index (χ1) is 12.3. The fraction of sp³-hybridized carbons (Fsp3) is 0.227. The Morgan fingerprint density at radius 3 is 2.54 bits per heavy atom. The van der Waals surface area contributed by atoms with E-state index in [4.69, 9.17) is 9.84 Å². The van der Waals surface area contributed by atoms with Gasteiger partial charge >= 0.3 is 0 Å². The highest BCUT2D eigenvalue weighted by molar-refractivity contribution is 9.10. The third kappa shape index (κ3) is 3.75. The molecule has 0 fully saturated rings. The molecule has 0 amide bonds. The molecule has 4 heteroatoms. The van der Waals surface area contributed by atoms with Crippen LogP contribution >= 0.6 is 15.9 Å². The number of rotatable bonds is 6. The highest BCUT2D eigenvalue weighted by Crippen LogP contribution is 2.38. The van der Waals surface area contributed by atoms with E-state index in [9.17, 15) is 0 Å². The second-order valence-electron chi connectivity index (χ2n) is 6.14. The zero-order valence-corrected chi connectivity index (χ0v) is 17.6. The molecule has 0 bridgehead atoms. The molecule has 0 saturated heterocycles. The lowest BCUT2D eigenvalue weighted by Crippen LogP contribution is -2.02. The minimum atomic E-state index is 0.811. The van der Waals surface area contributed by atoms with Gasteiger partial charge in [0, 0.05) is 11.1 Å². The van der Waals surface area contributed by atoms with E-state index in [1.54, 1.807) is 13.2 Å². The summed E-state index contributed by atoms with van der Waals surface area (Å²) >= 11 is 3.61. The van der Waals surface area contributed by atoms with Crippen molar-refractivity contribution in [3.63, 3.8) is 0 Å². The van der Waals surface area contributed by atoms with Crippen molar-refractivity contribution in [3.8, 4) is 17.0 Å². The summed E-state index contributed by atoms with van der Waals surface area (Å²) in [6.45, 7) is 16.1. The van der Waals surface area contributed by atoms with Crippen LogP contribution < -0.4 is 4.74 Å². The first-order valence-electron chi connectivity index (χ1n) is 8.41. The molecule has 3 nitrogen and oxygen atoms in total. The van der Waals surface area contributed by atoms with E-state index in [1.807, 2.05) is 42.8 Å². The summed E-state index contributed by atoms with van der Waals surface area (Å²) in [6, 6.07) is 4.11. The van der Waals surface area contributed by atoms with Gasteiger partial charge < -0.3 is 4.74 Å². The predicted molar refractivity (Wildman–Crippen MR) is 115 cm³/mol. The van der Waals surface area contributed by atoms with E-state index >= 15 is 0 Å². The number of halogens is 1. The first-order valence-corrected chi connectivity index (χ1v) is 9.20. The average molecular weight is 413 g/mol. The van der Waals surface area contributed by atoms with Gasteiger partial charge in [0.2, 0.25) is 0 Å². The molecule has 0 aliphatic heterocycles. The quantitative estimate of drug-likeness (QED) is 0.501. The second-order valence-corrected chi connectivity index (χ2v) is 7.00. The lowest BCUT2D eigenvalue weighted by atomic mass is 10.00. The molecule has 0 saturated carbocycles. The third-order valence-corrected chi connectivity index (χ3v) is 4.77. The van der Waals surface area contributed by atoms with Crippen molar-refractivity contribution in [1.82, 2.24) is 9.78 Å². The highest BCUT2D eigenvalue weighted by atomic mass is 79.9. The Balaban J connectivity index is 2.87. The Kier molecular flexibility index (Phi) is 6.43. The average Bonchev–Trinajstić information content (AvgIpc) is 2.93. The van der Waals surface area contributed by atoms with Crippen LogP contribution in [0.2, 0.25) is 0 Å². The Labute approximate surface area is 164 Å². The monoisotopic (exact) mass is 412 g/mol. The molecule has 2 aromatic rings. The topological polar surface area (TPSA) is 27.1 Å². The van der Waals surface area contributed by atoms with Gasteiger partial charge in [-0.1, -0.05) is 25.3 Å². The van der Waals surface area contributed by atoms with Gasteiger partial charge in [0.15, 0.2) is 0 Å². The van der Waals surface area contributed by atoms with Crippen molar-refractivity contribution < 1.29 is 4.74 Å². The maximum Gasteiger partial charge on any atom is 0.133 e. The second kappa shape index (κ2) is 8.37. The van der Waals surface area contributed by atoms with Gasteiger partial charge in [0.25, 0.3) is 0 Å². The molecule has 0 aliphatic rings. The largest absolute Gasteiger partial charge is 0.496 e. The highest BCUT2D eigenvalue weighted by Gasteiger charge is 2.20. The summed E-state index contributed by atoms with van der Waals surface area (Å²) in [6.07, 6.45) is 7.74. The molecule has 1 aromatic heterocycles. The van der Waals surface area contributed by atoms with Gasteiger partial charge in [-0.25, -0.2) is 4.68 Å². The van der Waals surface area contributed by atoms with Gasteiger partial charge in [-0.15, -0.1) is 0 Å². The SMILES string of the molecule is C=C/C=C(\C=C/C)n1nc(C(=C)C)c(C)c1-c1cc(Br)c(OC)cc1C. The van der Waals surface area contributed by atoms with Crippen LogP contribution in [-0.4, -0.2) is 16.9 Å². The number of hydrogen-bond acceptors (Lipinski definition) is 2. The van der Waals surface area contributed by atoms with Crippen LogP contribution in [0.5, 0.6) is 5.75 Å². The summed E-state index contributed by atoms with van der Waals surface area (Å²) < 4.78 is 8.29. The van der Waals surface area contributed by atoms with Gasteiger partial charge in [-0.3, -0.25) is 0 Å². The number of nitrogens with zero attached hydrogens (tertiary/aromatic N) is 2. The standard InChI is InChI=1S/C22H25BrN2O/c1-8-10-17(11-9-2)25-22(16(6)21(24-25)14(3)4)18-13-19(23)20(26-7)12-15(18)5/h8-13H,1,3H2,2,4-7H3/b11-9-,17-10+. The Morgan fingerprint density at radius 2 is 2.00 bits per heavy atom. The number of aryl methyl sites for hydroxylation is 1. The van der Waals surface area contributed by atoms with E-state index in [0.29, 0.717) is 0 Å². The molecule has 0 N–H and O–H groups in total. The van der Waals surface area contributed by atoms with E-state index in [2.05, 4.69) is 49.0 Å². The molecule has 2 rings (SSSR count). The summed E-state index contributed by atoms with van der Waals surface area (Å²) in [7, 11) is 1.67. The predicted octanol–water partition coefficient (Wildman–Crippen LogP) is 6.57. The molecule has 0 aliphatic carbocycles. The number of methoxy groups -OCH3 is 1. The minimum Gasteiger partial charge on any atom is -0.496 e. The van der Waals surface area contributed by atoms with Crippen molar-refractivity contribution in [3.05, 3.63) is 70.9 Å². The van der Waals surface area contributed by atoms with Gasteiger partial charge in [-0.2, -0.15) is 5.10 Å². The van der Waals surface area contributed by atoms with E-state index in [1.165, 1.54) is 0 Å². The minimum absolute atomic E-state index is 0.811. The fourth-order valence-electron chi connectivity index (χ4n) is 2.96. The first kappa shape index (κ1) is 20.0. The normalized spacial score (nSPS) is 11.8. The number of ether oxygens (including phenoxy) is 1. The summed E-state index contributed by atoms with van der Waals surface area (Å²) in [4.78, 5) is 0. The van der Waals surface area contributed by atoms with Crippen molar-refractivity contribution in [2.24, 2.45) is 0 Å². The molecule has 0 spiro atoms. The fourth-order valence-corrected chi connectivity index (χ4v) is 3.46. The summed E-state index contributed by atoms with van der Waals surface area (Å²) in [5.41, 5.74) is 7.12. The Morgan fingerprint density at radius 1 is 1.31 bits per heavy atom. The van der Waals surface area contributed by atoms with Gasteiger partial charge in [0.05, 0.1) is 28.7 Å². The van der Waals surface area contributed by atoms with Crippen LogP contribution in [0.3, 0.4) is 0 Å². The van der Waals surface area contributed by atoms with E-state index in [0.717, 1.165) is 49.6 Å². The van der Waals surface area contributed by atoms with Gasteiger partial charge in [-0.05, 0) is 79.0 Å². The molecular formula is C22H25BrN2O. The summed E-state index contributed by atoms with van der Waals surface area (Å²) in [5, 5.41) is 4.84. The van der Waals surface area contributed by atoms with Crippen molar-refractivity contribution in [1.29, 1.82) is 0 Å². The van der Waals surface area contributed by atoms with Crippen LogP contribution in [0.15, 0.2) is 54.1 Å². The zero-order chi connectivity index (χ0) is 19.4.